The molecule has 2 N–H and O–H groups in total. The Bertz CT molecular complexity index is 476. The summed E-state index contributed by atoms with van der Waals surface area (Å²) in [5.41, 5.74) is 2.04. The molecule has 2 rings (SSSR count). The maximum atomic E-state index is 13.0. The van der Waals surface area contributed by atoms with Gasteiger partial charge in [-0.05, 0) is 74.9 Å². The Morgan fingerprint density at radius 3 is 2.77 bits per heavy atom. The van der Waals surface area contributed by atoms with Crippen molar-refractivity contribution >= 4 is 18.3 Å². The van der Waals surface area contributed by atoms with E-state index in [-0.39, 0.29) is 24.1 Å². The molecule has 1 saturated heterocycles. The number of carbonyl (C=O) groups is 1. The summed E-state index contributed by atoms with van der Waals surface area (Å²) < 4.78 is 13.0. The Kier molecular flexibility index (Phi) is 8.43. The van der Waals surface area contributed by atoms with Crippen LogP contribution in [-0.4, -0.2) is 25.5 Å². The van der Waals surface area contributed by atoms with Crippen molar-refractivity contribution in [2.45, 2.75) is 39.0 Å². The Balaban J connectivity index is 0.00000242. The van der Waals surface area contributed by atoms with Crippen LogP contribution in [0, 0.1) is 18.7 Å². The first kappa shape index (κ1) is 18.9. The molecule has 0 saturated carbocycles. The van der Waals surface area contributed by atoms with Crippen LogP contribution in [0.2, 0.25) is 0 Å². The predicted octanol–water partition coefficient (Wildman–Crippen LogP) is 2.99. The number of halogens is 2. The summed E-state index contributed by atoms with van der Waals surface area (Å²) in [6, 6.07) is 4.81. The van der Waals surface area contributed by atoms with Crippen molar-refractivity contribution in [1.29, 1.82) is 0 Å². The van der Waals surface area contributed by atoms with Crippen LogP contribution in [-0.2, 0) is 11.2 Å². The fourth-order valence-corrected chi connectivity index (χ4v) is 2.87. The maximum absolute atomic E-state index is 13.0. The highest BCUT2D eigenvalue weighted by Gasteiger charge is 2.14. The van der Waals surface area contributed by atoms with Crippen LogP contribution >= 0.6 is 12.4 Å². The molecule has 0 aliphatic carbocycles. The van der Waals surface area contributed by atoms with Gasteiger partial charge in [-0.3, -0.25) is 4.79 Å². The average Bonchev–Trinajstić information content (AvgIpc) is 2.48. The van der Waals surface area contributed by atoms with Crippen LogP contribution in [0.3, 0.4) is 0 Å². The summed E-state index contributed by atoms with van der Waals surface area (Å²) >= 11 is 0. The summed E-state index contributed by atoms with van der Waals surface area (Å²) in [5.74, 6) is 0.617. The van der Waals surface area contributed by atoms with Crippen molar-refractivity contribution < 1.29 is 9.18 Å². The fraction of sp³-hybridized carbons (Fsp3) is 0.588. The molecule has 0 radical (unpaired) electrons. The lowest BCUT2D eigenvalue weighted by molar-refractivity contribution is -0.121. The average molecular weight is 329 g/mol. The number of rotatable bonds is 6. The van der Waals surface area contributed by atoms with Gasteiger partial charge in [-0.15, -0.1) is 12.4 Å². The third-order valence-electron chi connectivity index (χ3n) is 4.26. The normalized spacial score (nSPS) is 15.2. The zero-order chi connectivity index (χ0) is 15.1. The second kappa shape index (κ2) is 9.80. The number of carbonyl (C=O) groups excluding carboxylic acids is 1. The quantitative estimate of drug-likeness (QED) is 0.843. The number of nitrogens with one attached hydrogen (secondary N) is 2. The Labute approximate surface area is 138 Å². The minimum Gasteiger partial charge on any atom is -0.356 e. The standard InChI is InChI=1S/C17H25FN2O.ClH/c1-13-12-16(18)4-3-15(13)8-11-20-17(21)5-2-14-6-9-19-10-7-14;/h3-4,12,14,19H,2,5-11H2,1H3,(H,20,21);1H. The molecular formula is C17H26ClFN2O. The summed E-state index contributed by atoms with van der Waals surface area (Å²) in [6.07, 6.45) is 4.73. The molecule has 1 aromatic carbocycles. The molecule has 124 valence electrons. The molecule has 0 unspecified atom stereocenters. The molecule has 0 bridgehead atoms. The highest BCUT2D eigenvalue weighted by atomic mass is 35.5. The van der Waals surface area contributed by atoms with E-state index < -0.39 is 0 Å². The zero-order valence-electron chi connectivity index (χ0n) is 13.2. The monoisotopic (exact) mass is 328 g/mol. The minimum atomic E-state index is -0.206. The van der Waals surface area contributed by atoms with Crippen molar-refractivity contribution in [2.75, 3.05) is 19.6 Å². The number of benzene rings is 1. The van der Waals surface area contributed by atoms with E-state index in [9.17, 15) is 9.18 Å². The van der Waals surface area contributed by atoms with Gasteiger partial charge in [-0.1, -0.05) is 6.07 Å². The van der Waals surface area contributed by atoms with Gasteiger partial charge in [0, 0.05) is 13.0 Å². The van der Waals surface area contributed by atoms with Crippen LogP contribution in [0.4, 0.5) is 4.39 Å². The highest BCUT2D eigenvalue weighted by molar-refractivity contribution is 5.85. The second-order valence-electron chi connectivity index (χ2n) is 5.90. The Morgan fingerprint density at radius 2 is 2.09 bits per heavy atom. The lowest BCUT2D eigenvalue weighted by Gasteiger charge is -2.22. The van der Waals surface area contributed by atoms with Gasteiger partial charge in [0.05, 0.1) is 0 Å². The van der Waals surface area contributed by atoms with Gasteiger partial charge >= 0.3 is 0 Å². The largest absolute Gasteiger partial charge is 0.356 e. The van der Waals surface area contributed by atoms with E-state index in [0.29, 0.717) is 18.9 Å². The molecule has 0 atom stereocenters. The maximum Gasteiger partial charge on any atom is 0.220 e. The highest BCUT2D eigenvalue weighted by Crippen LogP contribution is 2.17. The first-order chi connectivity index (χ1) is 10.1. The first-order valence-corrected chi connectivity index (χ1v) is 7.87. The summed E-state index contributed by atoms with van der Waals surface area (Å²) in [5, 5.41) is 6.30. The van der Waals surface area contributed by atoms with E-state index in [0.717, 1.165) is 37.1 Å². The SMILES string of the molecule is Cc1cc(F)ccc1CCNC(=O)CCC1CCNCC1.Cl. The topological polar surface area (TPSA) is 41.1 Å². The van der Waals surface area contributed by atoms with Gasteiger partial charge in [-0.25, -0.2) is 4.39 Å². The lowest BCUT2D eigenvalue weighted by atomic mass is 9.93. The van der Waals surface area contributed by atoms with E-state index in [4.69, 9.17) is 0 Å². The van der Waals surface area contributed by atoms with Gasteiger partial charge in [0.25, 0.3) is 0 Å². The zero-order valence-corrected chi connectivity index (χ0v) is 14.0. The van der Waals surface area contributed by atoms with Crippen molar-refractivity contribution in [3.8, 4) is 0 Å². The Hall–Kier alpha value is -1.13. The molecule has 3 nitrogen and oxygen atoms in total. The van der Waals surface area contributed by atoms with Gasteiger partial charge < -0.3 is 10.6 Å². The van der Waals surface area contributed by atoms with Gasteiger partial charge in [0.2, 0.25) is 5.91 Å². The fourth-order valence-electron chi connectivity index (χ4n) is 2.87. The van der Waals surface area contributed by atoms with Crippen LogP contribution in [0.15, 0.2) is 18.2 Å². The minimum absolute atomic E-state index is 0. The first-order valence-electron chi connectivity index (χ1n) is 7.87. The van der Waals surface area contributed by atoms with Crippen LogP contribution in [0.25, 0.3) is 0 Å². The lowest BCUT2D eigenvalue weighted by Crippen LogP contribution is -2.30. The van der Waals surface area contributed by atoms with Crippen LogP contribution in [0.1, 0.15) is 36.8 Å². The molecule has 1 aliphatic heterocycles. The Morgan fingerprint density at radius 1 is 1.36 bits per heavy atom. The van der Waals surface area contributed by atoms with Crippen LogP contribution < -0.4 is 10.6 Å². The molecule has 1 amide bonds. The molecule has 22 heavy (non-hydrogen) atoms. The summed E-state index contributed by atoms with van der Waals surface area (Å²) in [4.78, 5) is 11.8. The van der Waals surface area contributed by atoms with Crippen LogP contribution in [0.5, 0.6) is 0 Å². The molecule has 5 heteroatoms. The van der Waals surface area contributed by atoms with E-state index in [2.05, 4.69) is 10.6 Å². The van der Waals surface area contributed by atoms with Crippen molar-refractivity contribution in [3.05, 3.63) is 35.1 Å². The smallest absolute Gasteiger partial charge is 0.220 e. The molecule has 0 spiro atoms. The van der Waals surface area contributed by atoms with Gasteiger partial charge in [-0.2, -0.15) is 0 Å². The number of hydrogen-bond acceptors (Lipinski definition) is 2. The van der Waals surface area contributed by atoms with Crippen molar-refractivity contribution in [1.82, 2.24) is 10.6 Å². The van der Waals surface area contributed by atoms with E-state index >= 15 is 0 Å². The third-order valence-corrected chi connectivity index (χ3v) is 4.26. The van der Waals surface area contributed by atoms with E-state index in [1.807, 2.05) is 6.92 Å². The third kappa shape index (κ3) is 6.32. The molecule has 0 aromatic heterocycles. The number of amides is 1. The number of hydrogen-bond donors (Lipinski definition) is 2. The second-order valence-corrected chi connectivity index (χ2v) is 5.90. The molecule has 1 aliphatic rings. The molecular weight excluding hydrogens is 303 g/mol. The molecule has 1 heterocycles. The number of piperidine rings is 1. The van der Waals surface area contributed by atoms with E-state index in [1.54, 1.807) is 6.07 Å². The van der Waals surface area contributed by atoms with Gasteiger partial charge in [0.15, 0.2) is 0 Å². The number of aryl methyl sites for hydroxylation is 1. The van der Waals surface area contributed by atoms with E-state index in [1.165, 1.54) is 25.0 Å². The summed E-state index contributed by atoms with van der Waals surface area (Å²) in [7, 11) is 0. The van der Waals surface area contributed by atoms with Crippen molar-refractivity contribution in [3.63, 3.8) is 0 Å². The molecule has 1 fully saturated rings. The van der Waals surface area contributed by atoms with Crippen molar-refractivity contribution in [2.24, 2.45) is 5.92 Å². The molecule has 1 aromatic rings. The predicted molar refractivity (Wildman–Crippen MR) is 89.9 cm³/mol. The van der Waals surface area contributed by atoms with Gasteiger partial charge in [0.1, 0.15) is 5.82 Å². The summed E-state index contributed by atoms with van der Waals surface area (Å²) in [6.45, 7) is 4.68.